The first kappa shape index (κ1) is 11.0. The Labute approximate surface area is 73.9 Å². The van der Waals surface area contributed by atoms with E-state index in [1.807, 2.05) is 13.8 Å². The molecule has 0 heterocycles. The largest absolute Gasteiger partial charge is 0.455 e. The van der Waals surface area contributed by atoms with Crippen LogP contribution < -0.4 is 0 Å². The zero-order valence-electron chi connectivity index (χ0n) is 7.96. The van der Waals surface area contributed by atoms with E-state index in [2.05, 4.69) is 6.58 Å². The van der Waals surface area contributed by atoms with Crippen molar-refractivity contribution in [3.8, 4) is 0 Å². The van der Waals surface area contributed by atoms with Gasteiger partial charge in [-0.3, -0.25) is 0 Å². The van der Waals surface area contributed by atoms with E-state index in [0.29, 0.717) is 5.57 Å². The van der Waals surface area contributed by atoms with Gasteiger partial charge in [-0.2, -0.15) is 0 Å². The molecule has 0 bridgehead atoms. The van der Waals surface area contributed by atoms with Crippen molar-refractivity contribution >= 4 is 5.97 Å². The topological polar surface area (TPSA) is 26.3 Å². The van der Waals surface area contributed by atoms with Crippen LogP contribution in [-0.2, 0) is 9.53 Å². The van der Waals surface area contributed by atoms with Crippen LogP contribution in [0.4, 0.5) is 0 Å². The van der Waals surface area contributed by atoms with E-state index in [1.165, 1.54) is 0 Å². The van der Waals surface area contributed by atoms with Gasteiger partial charge in [-0.05, 0) is 20.3 Å². The predicted octanol–water partition coefficient (Wildman–Crippen LogP) is 2.46. The second kappa shape index (κ2) is 5.58. The first-order valence-electron chi connectivity index (χ1n) is 4.12. The van der Waals surface area contributed by atoms with Gasteiger partial charge >= 0.3 is 5.97 Å². The minimum Gasteiger partial charge on any atom is -0.455 e. The SMILES string of the molecule is C=CC(CC)OC(=O)/C(C)=C/C. The van der Waals surface area contributed by atoms with E-state index in [0.717, 1.165) is 6.42 Å². The summed E-state index contributed by atoms with van der Waals surface area (Å²) >= 11 is 0. The summed E-state index contributed by atoms with van der Waals surface area (Å²) in [5, 5.41) is 0. The number of carbonyl (C=O) groups excluding carboxylic acids is 1. The summed E-state index contributed by atoms with van der Waals surface area (Å²) in [6.45, 7) is 9.07. The van der Waals surface area contributed by atoms with Gasteiger partial charge in [0.05, 0.1) is 0 Å². The number of carbonyl (C=O) groups is 1. The van der Waals surface area contributed by atoms with Crippen molar-refractivity contribution in [3.05, 3.63) is 24.3 Å². The first-order valence-corrected chi connectivity index (χ1v) is 4.12. The normalized spacial score (nSPS) is 13.8. The highest BCUT2D eigenvalue weighted by molar-refractivity contribution is 5.87. The van der Waals surface area contributed by atoms with Gasteiger partial charge in [0.25, 0.3) is 0 Å². The molecule has 0 aromatic rings. The van der Waals surface area contributed by atoms with Gasteiger partial charge in [0.15, 0.2) is 0 Å². The molecular formula is C10H16O2. The number of rotatable bonds is 4. The van der Waals surface area contributed by atoms with E-state index in [4.69, 9.17) is 4.74 Å². The molecule has 2 heteroatoms. The van der Waals surface area contributed by atoms with E-state index >= 15 is 0 Å². The summed E-state index contributed by atoms with van der Waals surface area (Å²) in [7, 11) is 0. The molecule has 0 fully saturated rings. The number of allylic oxidation sites excluding steroid dienone is 1. The minimum absolute atomic E-state index is 0.160. The maximum absolute atomic E-state index is 11.2. The third-order valence-electron chi connectivity index (χ3n) is 1.68. The van der Waals surface area contributed by atoms with E-state index in [-0.39, 0.29) is 12.1 Å². The van der Waals surface area contributed by atoms with E-state index in [9.17, 15) is 4.79 Å². The molecule has 0 rings (SSSR count). The average Bonchev–Trinajstić information content (AvgIpc) is 2.12. The Hall–Kier alpha value is -1.05. The molecule has 0 amide bonds. The van der Waals surface area contributed by atoms with Gasteiger partial charge in [0.1, 0.15) is 6.10 Å². The molecular weight excluding hydrogens is 152 g/mol. The summed E-state index contributed by atoms with van der Waals surface area (Å²) in [6, 6.07) is 0. The first-order chi connectivity index (χ1) is 5.65. The van der Waals surface area contributed by atoms with Crippen molar-refractivity contribution in [1.82, 2.24) is 0 Å². The molecule has 2 nitrogen and oxygen atoms in total. The predicted molar refractivity (Wildman–Crippen MR) is 49.8 cm³/mol. The lowest BCUT2D eigenvalue weighted by molar-refractivity contribution is -0.142. The Balaban J connectivity index is 4.07. The van der Waals surface area contributed by atoms with Crippen LogP contribution in [0.15, 0.2) is 24.3 Å². The van der Waals surface area contributed by atoms with Gasteiger partial charge in [-0.1, -0.05) is 25.7 Å². The van der Waals surface area contributed by atoms with Crippen molar-refractivity contribution in [2.75, 3.05) is 0 Å². The summed E-state index contributed by atoms with van der Waals surface area (Å²) in [6.07, 6.45) is 3.98. The summed E-state index contributed by atoms with van der Waals surface area (Å²) in [4.78, 5) is 11.2. The van der Waals surface area contributed by atoms with Crippen LogP contribution in [0.25, 0.3) is 0 Å². The number of hydrogen-bond acceptors (Lipinski definition) is 2. The van der Waals surface area contributed by atoms with Crippen molar-refractivity contribution < 1.29 is 9.53 Å². The molecule has 0 saturated heterocycles. The number of hydrogen-bond donors (Lipinski definition) is 0. The monoisotopic (exact) mass is 168 g/mol. The Bertz CT molecular complexity index is 192. The van der Waals surface area contributed by atoms with Crippen LogP contribution in [0, 0.1) is 0 Å². The maximum Gasteiger partial charge on any atom is 0.333 e. The second-order valence-corrected chi connectivity index (χ2v) is 2.56. The van der Waals surface area contributed by atoms with Crippen LogP contribution in [-0.4, -0.2) is 12.1 Å². The van der Waals surface area contributed by atoms with Gasteiger partial charge in [0.2, 0.25) is 0 Å². The highest BCUT2D eigenvalue weighted by Gasteiger charge is 2.09. The van der Waals surface area contributed by atoms with Crippen molar-refractivity contribution in [2.45, 2.75) is 33.3 Å². The lowest BCUT2D eigenvalue weighted by Crippen LogP contribution is -2.15. The van der Waals surface area contributed by atoms with Gasteiger partial charge < -0.3 is 4.74 Å². The third-order valence-corrected chi connectivity index (χ3v) is 1.68. The summed E-state index contributed by atoms with van der Waals surface area (Å²) in [5.41, 5.74) is 0.635. The third kappa shape index (κ3) is 3.37. The summed E-state index contributed by atoms with van der Waals surface area (Å²) < 4.78 is 5.08. The molecule has 0 radical (unpaired) electrons. The molecule has 0 aliphatic heterocycles. The Kier molecular flexibility index (Phi) is 5.09. The fourth-order valence-electron chi connectivity index (χ4n) is 0.646. The molecule has 0 aliphatic carbocycles. The second-order valence-electron chi connectivity index (χ2n) is 2.56. The molecule has 0 aliphatic rings. The van der Waals surface area contributed by atoms with Gasteiger partial charge in [0, 0.05) is 5.57 Å². The van der Waals surface area contributed by atoms with Crippen molar-refractivity contribution in [1.29, 1.82) is 0 Å². The standard InChI is InChI=1S/C10H16O2/c1-5-8(4)10(11)12-9(6-2)7-3/h5-6,9H,2,7H2,1,3-4H3/b8-5+. The highest BCUT2D eigenvalue weighted by Crippen LogP contribution is 2.04. The van der Waals surface area contributed by atoms with Crippen LogP contribution >= 0.6 is 0 Å². The van der Waals surface area contributed by atoms with Gasteiger partial charge in [-0.15, -0.1) is 0 Å². The molecule has 1 atom stereocenters. The fourth-order valence-corrected chi connectivity index (χ4v) is 0.646. The molecule has 1 unspecified atom stereocenters. The Morgan fingerprint density at radius 1 is 1.67 bits per heavy atom. The molecule has 0 N–H and O–H groups in total. The zero-order chi connectivity index (χ0) is 9.56. The molecule has 12 heavy (non-hydrogen) atoms. The lowest BCUT2D eigenvalue weighted by atomic mass is 10.2. The molecule has 0 saturated carbocycles. The summed E-state index contributed by atoms with van der Waals surface area (Å²) in [5.74, 6) is -0.260. The van der Waals surface area contributed by atoms with Crippen LogP contribution in [0.5, 0.6) is 0 Å². The van der Waals surface area contributed by atoms with Crippen LogP contribution in [0.2, 0.25) is 0 Å². The van der Waals surface area contributed by atoms with Crippen molar-refractivity contribution in [2.24, 2.45) is 0 Å². The Morgan fingerprint density at radius 3 is 2.58 bits per heavy atom. The minimum atomic E-state index is -0.260. The molecule has 0 spiro atoms. The zero-order valence-corrected chi connectivity index (χ0v) is 7.96. The van der Waals surface area contributed by atoms with E-state index in [1.54, 1.807) is 19.1 Å². The van der Waals surface area contributed by atoms with E-state index < -0.39 is 0 Å². The lowest BCUT2D eigenvalue weighted by Gasteiger charge is -2.11. The number of ether oxygens (including phenoxy) is 1. The average molecular weight is 168 g/mol. The molecule has 0 aromatic heterocycles. The van der Waals surface area contributed by atoms with Crippen LogP contribution in [0.1, 0.15) is 27.2 Å². The maximum atomic E-state index is 11.2. The van der Waals surface area contributed by atoms with Gasteiger partial charge in [-0.25, -0.2) is 4.79 Å². The highest BCUT2D eigenvalue weighted by atomic mass is 16.5. The van der Waals surface area contributed by atoms with Crippen molar-refractivity contribution in [3.63, 3.8) is 0 Å². The molecule has 0 aromatic carbocycles. The smallest absolute Gasteiger partial charge is 0.333 e. The molecule has 68 valence electrons. The quantitative estimate of drug-likeness (QED) is 0.366. The number of esters is 1. The van der Waals surface area contributed by atoms with Crippen LogP contribution in [0.3, 0.4) is 0 Å². The fraction of sp³-hybridized carbons (Fsp3) is 0.500. The Morgan fingerprint density at radius 2 is 2.25 bits per heavy atom.